The summed E-state index contributed by atoms with van der Waals surface area (Å²) in [7, 11) is 0. The van der Waals surface area contributed by atoms with Crippen LogP contribution in [0.2, 0.25) is 0 Å². The minimum absolute atomic E-state index is 0.0403. The Hall–Kier alpha value is -1.40. The first-order valence-electron chi connectivity index (χ1n) is 16.6. The fraction of sp³-hybridized carbons (Fsp3) is 0.964. The Balaban J connectivity index is 1.60. The molecule has 0 aromatic rings. The number of alkyl halides is 1. The second-order valence-electron chi connectivity index (χ2n) is 13.4. The summed E-state index contributed by atoms with van der Waals surface area (Å²) in [4.78, 5) is 12.7. The van der Waals surface area contributed by atoms with Gasteiger partial charge in [-0.1, -0.05) is 0 Å². The molecule has 1 saturated carbocycles. The van der Waals surface area contributed by atoms with Crippen molar-refractivity contribution in [2.24, 2.45) is 34.4 Å². The Morgan fingerprint density at radius 3 is 2.02 bits per heavy atom. The smallest absolute Gasteiger partial charge is 0.252 e. The molecule has 0 spiro atoms. The maximum atomic E-state index is 14.0. The summed E-state index contributed by atoms with van der Waals surface area (Å²) < 4.78 is 49.0. The molecule has 0 bridgehead atoms. The van der Waals surface area contributed by atoms with Crippen LogP contribution in [-0.4, -0.2) is 201 Å². The lowest BCUT2D eigenvalue weighted by atomic mass is 9.81. The van der Waals surface area contributed by atoms with E-state index in [1.165, 1.54) is 0 Å². The molecule has 21 N–H and O–H groups in total. The molecule has 23 heteroatoms. The summed E-state index contributed by atoms with van der Waals surface area (Å²) in [5.74, 6) is -1.36. The van der Waals surface area contributed by atoms with Gasteiger partial charge in [-0.2, -0.15) is 0 Å². The van der Waals surface area contributed by atoms with Gasteiger partial charge in [0.15, 0.2) is 25.0 Å². The normalized spacial score (nSPS) is 48.2. The minimum Gasteiger partial charge on any atom is -0.394 e. The maximum Gasteiger partial charge on any atom is 0.252 e. The monoisotopic (exact) mass is 747 g/mol. The van der Waals surface area contributed by atoms with E-state index >= 15 is 0 Å². The first-order valence-corrected chi connectivity index (χ1v) is 16.6. The van der Waals surface area contributed by atoms with Crippen molar-refractivity contribution in [1.82, 2.24) is 5.32 Å². The molecule has 22 nitrogen and oxygen atoms in total. The number of aliphatic hydroxyl groups is 8. The van der Waals surface area contributed by atoms with Gasteiger partial charge in [0, 0.05) is 19.1 Å². The number of hydrogen-bond acceptors (Lipinski definition) is 21. The lowest BCUT2D eigenvalue weighted by Gasteiger charge is -2.49. The molecule has 0 aromatic carbocycles. The highest BCUT2D eigenvalue weighted by molar-refractivity contribution is 5.81. The average Bonchev–Trinajstić information content (AvgIpc) is 3.39. The Morgan fingerprint density at radius 2 is 1.43 bits per heavy atom. The van der Waals surface area contributed by atoms with Crippen molar-refractivity contribution < 1.29 is 78.5 Å². The van der Waals surface area contributed by atoms with Crippen molar-refractivity contribution in [1.29, 1.82) is 0 Å². The quantitative estimate of drug-likeness (QED) is 0.0831. The summed E-state index contributed by atoms with van der Waals surface area (Å²) in [5.41, 5.74) is 35.3. The van der Waals surface area contributed by atoms with Crippen molar-refractivity contribution in [3.8, 4) is 0 Å². The van der Waals surface area contributed by atoms with Crippen LogP contribution in [0.15, 0.2) is 0 Å². The molecule has 3 saturated heterocycles. The predicted molar refractivity (Wildman–Crippen MR) is 167 cm³/mol. The Kier molecular flexibility index (Phi) is 14.8. The summed E-state index contributed by atoms with van der Waals surface area (Å²) in [6.45, 7) is -0.156. The lowest BCUT2D eigenvalue weighted by Crippen LogP contribution is -2.73. The zero-order chi connectivity index (χ0) is 38.1. The number of nitrogens with one attached hydrogen (secondary N) is 1. The number of halogens is 1. The highest BCUT2D eigenvalue weighted by Crippen LogP contribution is 2.35. The van der Waals surface area contributed by atoms with E-state index < -0.39 is 154 Å². The Labute approximate surface area is 292 Å². The fourth-order valence-electron chi connectivity index (χ4n) is 6.64. The number of rotatable bonds is 13. The molecule has 0 aromatic heterocycles. The topological polar surface area (TPSA) is 402 Å². The SMILES string of the molecule is C[C@H](N)[C@H]1O[C@H](O[C@@H]2[C@@H](N)[C@H](O)[C@@H](NC(=O)[C@@H](O)[C@H](F)CN)[C@H](O)[C@H]2O[C@@H]2O[C@H](CO)[C@@H](O[C@H]3O[C@@H](CN)[C@@H](O)[C@H](O)[C@H]3N)[C@H]2O)[C@H](N)C[C@@H]1O. The number of amides is 1. The second-order valence-corrected chi connectivity index (χ2v) is 13.4. The number of carbonyl (C=O) groups is 1. The van der Waals surface area contributed by atoms with Crippen LogP contribution in [0.4, 0.5) is 4.39 Å². The standard InChI is InChI=1S/C28H54FN7O15/c1-6(32)21-9(38)2-8(33)26(48-21)50-23-12(34)17(41)14(36-25(45)15(39)7(29)3-30)19(43)24(23)51-28-20(44)22(11(5-37)47-28)49-27-13(35)18(42)16(40)10(4-31)46-27/h6-24,26-28,37-44H,2-5,30-35H2,1H3,(H,36,45)/t6-,7+,8+,9-,10-,11+,12-,13+,14+,15-,16+,17-,18+,19-,20+,21+,22+,23+,24+,26+,27+,28-/m0/s1. The van der Waals surface area contributed by atoms with Crippen LogP contribution in [0.25, 0.3) is 0 Å². The number of ether oxygens (including phenoxy) is 6. The van der Waals surface area contributed by atoms with Crippen molar-refractivity contribution in [3.63, 3.8) is 0 Å². The van der Waals surface area contributed by atoms with Gasteiger partial charge in [0.2, 0.25) is 0 Å². The first kappa shape index (κ1) is 42.3. The molecular weight excluding hydrogens is 693 g/mol. The fourth-order valence-corrected chi connectivity index (χ4v) is 6.64. The molecule has 298 valence electrons. The van der Waals surface area contributed by atoms with E-state index in [9.17, 15) is 50.0 Å². The summed E-state index contributed by atoms with van der Waals surface area (Å²) in [6.07, 6.45) is -27.0. The van der Waals surface area contributed by atoms with E-state index in [1.807, 2.05) is 0 Å². The van der Waals surface area contributed by atoms with Crippen LogP contribution >= 0.6 is 0 Å². The predicted octanol–water partition coefficient (Wildman–Crippen LogP) is -9.69. The molecule has 0 radical (unpaired) electrons. The summed E-state index contributed by atoms with van der Waals surface area (Å²) >= 11 is 0. The maximum absolute atomic E-state index is 14.0. The number of nitrogens with two attached hydrogens (primary N) is 6. The molecular formula is C28H54FN7O15. The van der Waals surface area contributed by atoms with E-state index in [4.69, 9.17) is 62.8 Å². The van der Waals surface area contributed by atoms with Gasteiger partial charge in [0.25, 0.3) is 5.91 Å². The highest BCUT2D eigenvalue weighted by Gasteiger charge is 2.56. The third-order valence-corrected chi connectivity index (χ3v) is 9.69. The molecule has 1 aliphatic carbocycles. The summed E-state index contributed by atoms with van der Waals surface area (Å²) in [6, 6.07) is -6.32. The van der Waals surface area contributed by atoms with Gasteiger partial charge in [-0.25, -0.2) is 4.39 Å². The third kappa shape index (κ3) is 8.95. The zero-order valence-corrected chi connectivity index (χ0v) is 27.8. The van der Waals surface area contributed by atoms with E-state index in [-0.39, 0.29) is 13.0 Å². The van der Waals surface area contributed by atoms with E-state index in [0.29, 0.717) is 0 Å². The number of aliphatic hydroxyl groups excluding tert-OH is 8. The molecule has 1 amide bonds. The molecule has 0 unspecified atom stereocenters. The van der Waals surface area contributed by atoms with Gasteiger partial charge in [-0.3, -0.25) is 4.79 Å². The van der Waals surface area contributed by atoms with Gasteiger partial charge in [-0.15, -0.1) is 0 Å². The van der Waals surface area contributed by atoms with Gasteiger partial charge in [0.1, 0.15) is 67.2 Å². The van der Waals surface area contributed by atoms with Gasteiger partial charge >= 0.3 is 0 Å². The number of hydrogen-bond donors (Lipinski definition) is 15. The number of carbonyl (C=O) groups excluding carboxylic acids is 1. The van der Waals surface area contributed by atoms with Crippen LogP contribution in [0, 0.1) is 0 Å². The molecule has 4 fully saturated rings. The lowest BCUT2D eigenvalue weighted by molar-refractivity contribution is -0.305. The van der Waals surface area contributed by atoms with Crippen LogP contribution in [0.5, 0.6) is 0 Å². The minimum atomic E-state index is -2.29. The van der Waals surface area contributed by atoms with Crippen LogP contribution in [0.1, 0.15) is 13.3 Å². The van der Waals surface area contributed by atoms with Crippen molar-refractivity contribution in [2.45, 2.75) is 148 Å². The van der Waals surface area contributed by atoms with Gasteiger partial charge in [-0.05, 0) is 13.3 Å². The van der Waals surface area contributed by atoms with E-state index in [0.717, 1.165) is 0 Å². The van der Waals surface area contributed by atoms with Crippen LogP contribution < -0.4 is 39.7 Å². The second kappa shape index (κ2) is 17.8. The molecule has 4 aliphatic rings. The zero-order valence-electron chi connectivity index (χ0n) is 27.8. The largest absolute Gasteiger partial charge is 0.394 e. The summed E-state index contributed by atoms with van der Waals surface area (Å²) in [5, 5.41) is 87.3. The molecule has 4 rings (SSSR count). The van der Waals surface area contributed by atoms with Gasteiger partial charge in [0.05, 0.1) is 43.0 Å². The van der Waals surface area contributed by atoms with Crippen LogP contribution in [-0.2, 0) is 33.2 Å². The molecule has 3 aliphatic heterocycles. The van der Waals surface area contributed by atoms with E-state index in [2.05, 4.69) is 5.32 Å². The van der Waals surface area contributed by atoms with Crippen molar-refractivity contribution in [2.75, 3.05) is 19.7 Å². The Morgan fingerprint density at radius 1 is 0.824 bits per heavy atom. The third-order valence-electron chi connectivity index (χ3n) is 9.69. The van der Waals surface area contributed by atoms with Crippen LogP contribution in [0.3, 0.4) is 0 Å². The van der Waals surface area contributed by atoms with E-state index in [1.54, 1.807) is 6.92 Å². The molecule has 22 atom stereocenters. The highest BCUT2D eigenvalue weighted by atomic mass is 19.1. The molecule has 51 heavy (non-hydrogen) atoms. The van der Waals surface area contributed by atoms with Gasteiger partial charge < -0.3 is 109 Å². The first-order chi connectivity index (χ1) is 24.0. The average molecular weight is 748 g/mol. The Bertz CT molecular complexity index is 1130. The van der Waals surface area contributed by atoms with Crippen molar-refractivity contribution in [3.05, 3.63) is 0 Å². The molecule has 3 heterocycles. The van der Waals surface area contributed by atoms with Crippen molar-refractivity contribution >= 4 is 5.91 Å².